The molecule has 1 unspecified atom stereocenters. The van der Waals surface area contributed by atoms with Crippen molar-refractivity contribution < 1.29 is 18.7 Å². The first-order chi connectivity index (χ1) is 16.5. The van der Waals surface area contributed by atoms with Crippen molar-refractivity contribution in [1.29, 1.82) is 5.26 Å². The number of carbonyl (C=O) groups excluding carboxylic acids is 1. The van der Waals surface area contributed by atoms with E-state index in [-0.39, 0.29) is 23.3 Å². The van der Waals surface area contributed by atoms with Crippen molar-refractivity contribution in [3.63, 3.8) is 0 Å². The SMILES string of the molecule is CCc1ccc(C2C(C#N)=C(N)Oc3cc(OC(=O)c4oc5ccccc5c4C)ccc32)cc1. The number of hydrogen-bond acceptors (Lipinski definition) is 6. The van der Waals surface area contributed by atoms with Crippen LogP contribution in [0.2, 0.25) is 0 Å². The summed E-state index contributed by atoms with van der Waals surface area (Å²) in [7, 11) is 0. The quantitative estimate of drug-likeness (QED) is 0.314. The average Bonchev–Trinajstić information content (AvgIpc) is 3.20. The maximum Gasteiger partial charge on any atom is 0.379 e. The Bertz CT molecular complexity index is 1490. The van der Waals surface area contributed by atoms with E-state index in [0.29, 0.717) is 16.9 Å². The number of ether oxygens (including phenoxy) is 2. The molecule has 0 saturated carbocycles. The lowest BCUT2D eigenvalue weighted by Crippen LogP contribution is -2.21. The zero-order valence-corrected chi connectivity index (χ0v) is 18.8. The number of benzene rings is 3. The van der Waals surface area contributed by atoms with Crippen LogP contribution in [-0.4, -0.2) is 5.97 Å². The van der Waals surface area contributed by atoms with E-state index in [9.17, 15) is 10.1 Å². The molecule has 0 radical (unpaired) electrons. The standard InChI is InChI=1S/C28H22N2O4/c1-3-17-8-10-18(11-9-17)25-21-13-12-19(14-24(21)34-27(30)22(25)15-29)32-28(31)26-16(2)20-6-4-5-7-23(20)33-26/h4-14,25H,3,30H2,1-2H3. The number of fused-ring (bicyclic) bond motifs is 2. The second kappa shape index (κ2) is 8.45. The fourth-order valence-corrected chi connectivity index (χ4v) is 4.31. The summed E-state index contributed by atoms with van der Waals surface area (Å²) in [6, 6.07) is 22.8. The Morgan fingerprint density at radius 2 is 1.88 bits per heavy atom. The van der Waals surface area contributed by atoms with E-state index in [0.717, 1.165) is 28.5 Å². The number of esters is 1. The van der Waals surface area contributed by atoms with Gasteiger partial charge in [0.25, 0.3) is 0 Å². The largest absolute Gasteiger partial charge is 0.449 e. The fourth-order valence-electron chi connectivity index (χ4n) is 4.31. The van der Waals surface area contributed by atoms with Gasteiger partial charge < -0.3 is 19.6 Å². The molecular weight excluding hydrogens is 428 g/mol. The topological polar surface area (TPSA) is 98.5 Å². The van der Waals surface area contributed by atoms with Crippen LogP contribution in [0.1, 0.15) is 45.7 Å². The van der Waals surface area contributed by atoms with Gasteiger partial charge >= 0.3 is 5.97 Å². The molecule has 168 valence electrons. The molecular formula is C28H22N2O4. The van der Waals surface area contributed by atoms with Gasteiger partial charge in [0.15, 0.2) is 0 Å². The summed E-state index contributed by atoms with van der Waals surface area (Å²) in [5.41, 5.74) is 10.7. The number of rotatable bonds is 4. The molecule has 0 bridgehead atoms. The minimum absolute atomic E-state index is 0.0381. The number of nitrogens with two attached hydrogens (primary N) is 1. The third-order valence-electron chi connectivity index (χ3n) is 6.15. The maximum absolute atomic E-state index is 12.8. The molecule has 6 nitrogen and oxygen atoms in total. The predicted molar refractivity (Wildman–Crippen MR) is 127 cm³/mol. The van der Waals surface area contributed by atoms with E-state index < -0.39 is 5.97 Å². The van der Waals surface area contributed by atoms with Crippen LogP contribution in [0.4, 0.5) is 0 Å². The summed E-state index contributed by atoms with van der Waals surface area (Å²) in [4.78, 5) is 12.8. The first-order valence-corrected chi connectivity index (χ1v) is 11.0. The number of para-hydroxylation sites is 1. The van der Waals surface area contributed by atoms with Crippen molar-refractivity contribution in [3.05, 3.63) is 106 Å². The third kappa shape index (κ3) is 3.57. The molecule has 34 heavy (non-hydrogen) atoms. The number of nitrogens with zero attached hydrogens (tertiary/aromatic N) is 1. The Balaban J connectivity index is 1.48. The van der Waals surface area contributed by atoms with Gasteiger partial charge in [0.1, 0.15) is 28.7 Å². The molecule has 0 amide bonds. The summed E-state index contributed by atoms with van der Waals surface area (Å²) >= 11 is 0. The summed E-state index contributed by atoms with van der Waals surface area (Å²) < 4.78 is 17.1. The minimum Gasteiger partial charge on any atom is -0.449 e. The van der Waals surface area contributed by atoms with Crippen molar-refractivity contribution in [3.8, 4) is 17.6 Å². The molecule has 0 saturated heterocycles. The van der Waals surface area contributed by atoms with E-state index in [2.05, 4.69) is 13.0 Å². The zero-order valence-electron chi connectivity index (χ0n) is 18.8. The van der Waals surface area contributed by atoms with Gasteiger partial charge in [0.05, 0.1) is 5.92 Å². The van der Waals surface area contributed by atoms with Gasteiger partial charge in [-0.05, 0) is 36.6 Å². The predicted octanol–water partition coefficient (Wildman–Crippen LogP) is 5.74. The Hall–Kier alpha value is -4.50. The Labute approximate surface area is 196 Å². The lowest BCUT2D eigenvalue weighted by Gasteiger charge is -2.26. The molecule has 1 atom stereocenters. The number of nitriles is 1. The number of furan rings is 1. The number of carbonyl (C=O) groups is 1. The highest BCUT2D eigenvalue weighted by Gasteiger charge is 2.31. The van der Waals surface area contributed by atoms with Gasteiger partial charge in [0.2, 0.25) is 11.6 Å². The molecule has 3 aromatic carbocycles. The summed E-state index contributed by atoms with van der Waals surface area (Å²) in [5, 5.41) is 10.6. The molecule has 0 aliphatic carbocycles. The molecule has 2 N–H and O–H groups in total. The lowest BCUT2D eigenvalue weighted by atomic mass is 9.83. The van der Waals surface area contributed by atoms with E-state index in [1.807, 2.05) is 49.4 Å². The highest BCUT2D eigenvalue weighted by Crippen LogP contribution is 2.43. The summed E-state index contributed by atoms with van der Waals surface area (Å²) in [6.45, 7) is 3.91. The minimum atomic E-state index is -0.600. The van der Waals surface area contributed by atoms with E-state index in [1.165, 1.54) is 5.56 Å². The monoisotopic (exact) mass is 450 g/mol. The Kier molecular flexibility index (Phi) is 5.31. The van der Waals surface area contributed by atoms with Crippen molar-refractivity contribution >= 4 is 16.9 Å². The smallest absolute Gasteiger partial charge is 0.379 e. The molecule has 5 rings (SSSR count). The zero-order chi connectivity index (χ0) is 23.8. The van der Waals surface area contributed by atoms with Gasteiger partial charge in [-0.15, -0.1) is 0 Å². The van der Waals surface area contributed by atoms with Crippen LogP contribution in [-0.2, 0) is 6.42 Å². The first kappa shape index (κ1) is 21.4. The molecule has 1 aliphatic rings. The van der Waals surface area contributed by atoms with Gasteiger partial charge in [-0.25, -0.2) is 4.79 Å². The highest BCUT2D eigenvalue weighted by molar-refractivity contribution is 5.96. The van der Waals surface area contributed by atoms with Gasteiger partial charge in [-0.3, -0.25) is 0 Å². The maximum atomic E-state index is 12.8. The second-order valence-corrected chi connectivity index (χ2v) is 8.16. The van der Waals surface area contributed by atoms with Gasteiger partial charge in [-0.2, -0.15) is 5.26 Å². The average molecular weight is 450 g/mol. The fraction of sp³-hybridized carbons (Fsp3) is 0.143. The van der Waals surface area contributed by atoms with Crippen molar-refractivity contribution in [2.75, 3.05) is 0 Å². The molecule has 6 heteroatoms. The molecule has 0 fully saturated rings. The van der Waals surface area contributed by atoms with E-state index in [1.54, 1.807) is 24.3 Å². The van der Waals surface area contributed by atoms with Crippen LogP contribution in [0.3, 0.4) is 0 Å². The van der Waals surface area contributed by atoms with Crippen molar-refractivity contribution in [2.24, 2.45) is 5.73 Å². The molecule has 4 aromatic rings. The van der Waals surface area contributed by atoms with Crippen LogP contribution in [0.15, 0.2) is 82.6 Å². The van der Waals surface area contributed by atoms with E-state index >= 15 is 0 Å². The first-order valence-electron chi connectivity index (χ1n) is 11.0. The number of aryl methyl sites for hydroxylation is 2. The van der Waals surface area contributed by atoms with Crippen molar-refractivity contribution in [1.82, 2.24) is 0 Å². The van der Waals surface area contributed by atoms with Gasteiger partial charge in [-0.1, -0.05) is 55.5 Å². The van der Waals surface area contributed by atoms with Crippen LogP contribution >= 0.6 is 0 Å². The second-order valence-electron chi connectivity index (χ2n) is 8.16. The van der Waals surface area contributed by atoms with Crippen LogP contribution in [0.25, 0.3) is 11.0 Å². The lowest BCUT2D eigenvalue weighted by molar-refractivity contribution is 0.0702. The Morgan fingerprint density at radius 1 is 1.12 bits per heavy atom. The number of allylic oxidation sites excluding steroid dienone is 1. The van der Waals surface area contributed by atoms with Crippen LogP contribution in [0.5, 0.6) is 11.5 Å². The normalized spacial score (nSPS) is 14.9. The molecule has 2 heterocycles. The summed E-state index contributed by atoms with van der Waals surface area (Å²) in [5.74, 6) is -0.0555. The van der Waals surface area contributed by atoms with E-state index in [4.69, 9.17) is 19.6 Å². The highest BCUT2D eigenvalue weighted by atomic mass is 16.5. The summed E-state index contributed by atoms with van der Waals surface area (Å²) in [6.07, 6.45) is 0.924. The molecule has 0 spiro atoms. The van der Waals surface area contributed by atoms with Crippen LogP contribution in [0, 0.1) is 18.3 Å². The molecule has 1 aliphatic heterocycles. The van der Waals surface area contributed by atoms with Crippen LogP contribution < -0.4 is 15.2 Å². The van der Waals surface area contributed by atoms with Crippen molar-refractivity contribution in [2.45, 2.75) is 26.2 Å². The number of hydrogen-bond donors (Lipinski definition) is 1. The third-order valence-corrected chi connectivity index (χ3v) is 6.15. The Morgan fingerprint density at radius 3 is 2.59 bits per heavy atom. The van der Waals surface area contributed by atoms with Gasteiger partial charge in [0, 0.05) is 22.6 Å². The molecule has 1 aromatic heterocycles.